The quantitative estimate of drug-likeness (QED) is 0.797. The van der Waals surface area contributed by atoms with E-state index in [0.29, 0.717) is 6.61 Å². The van der Waals surface area contributed by atoms with Gasteiger partial charge in [-0.05, 0) is 37.1 Å². The lowest BCUT2D eigenvalue weighted by atomic mass is 10.0. The van der Waals surface area contributed by atoms with Gasteiger partial charge in [-0.2, -0.15) is 0 Å². The molecule has 1 heterocycles. The van der Waals surface area contributed by atoms with Gasteiger partial charge in [0.15, 0.2) is 0 Å². The van der Waals surface area contributed by atoms with Gasteiger partial charge >= 0.3 is 0 Å². The third-order valence-electron chi connectivity index (χ3n) is 2.76. The Hall–Kier alpha value is -1.67. The number of hydrogen-bond acceptors (Lipinski definition) is 2. The van der Waals surface area contributed by atoms with Crippen LogP contribution in [0.1, 0.15) is 29.8 Å². The van der Waals surface area contributed by atoms with Gasteiger partial charge in [0.1, 0.15) is 6.10 Å². The molecule has 1 aromatic heterocycles. The molecule has 0 bridgehead atoms. The highest BCUT2D eigenvalue weighted by molar-refractivity contribution is 5.32. The molecule has 1 aromatic carbocycles. The molecule has 0 saturated carbocycles. The van der Waals surface area contributed by atoms with Gasteiger partial charge in [0.25, 0.3) is 0 Å². The minimum Gasteiger partial charge on any atom is -0.367 e. The Bertz CT molecular complexity index is 467. The summed E-state index contributed by atoms with van der Waals surface area (Å²) in [6.45, 7) is 4.79. The molecule has 0 N–H and O–H groups in total. The van der Waals surface area contributed by atoms with E-state index in [0.717, 1.165) is 5.69 Å². The van der Waals surface area contributed by atoms with Crippen LogP contribution in [0, 0.1) is 6.92 Å². The summed E-state index contributed by atoms with van der Waals surface area (Å²) in [6.07, 6.45) is 1.74. The van der Waals surface area contributed by atoms with E-state index in [9.17, 15) is 0 Å². The van der Waals surface area contributed by atoms with Gasteiger partial charge in [0.05, 0.1) is 5.69 Å². The van der Waals surface area contributed by atoms with E-state index < -0.39 is 0 Å². The largest absolute Gasteiger partial charge is 0.367 e. The number of nitrogens with zero attached hydrogens (tertiary/aromatic N) is 1. The van der Waals surface area contributed by atoms with Gasteiger partial charge in [-0.15, -0.1) is 0 Å². The Kier molecular flexibility index (Phi) is 3.89. The molecule has 1 atom stereocenters. The first-order valence-corrected chi connectivity index (χ1v) is 5.91. The van der Waals surface area contributed by atoms with Crippen molar-refractivity contribution >= 4 is 0 Å². The van der Waals surface area contributed by atoms with E-state index in [2.05, 4.69) is 24.0 Å². The summed E-state index contributed by atoms with van der Waals surface area (Å²) in [5.74, 6) is 0. The lowest BCUT2D eigenvalue weighted by Crippen LogP contribution is -2.09. The standard InChI is InChI=1S/C15H17NO/c1-3-17-15(14-10-6-7-11-16-14)13-9-5-4-8-12(13)2/h4-11,15H,3H2,1-2H3. The van der Waals surface area contributed by atoms with Crippen molar-refractivity contribution in [3.63, 3.8) is 0 Å². The van der Waals surface area contributed by atoms with E-state index in [1.807, 2.05) is 37.3 Å². The van der Waals surface area contributed by atoms with Gasteiger partial charge in [0, 0.05) is 12.8 Å². The minimum absolute atomic E-state index is 0.0672. The third-order valence-corrected chi connectivity index (χ3v) is 2.76. The molecule has 17 heavy (non-hydrogen) atoms. The van der Waals surface area contributed by atoms with Crippen LogP contribution in [0.5, 0.6) is 0 Å². The molecule has 0 aliphatic rings. The molecule has 0 saturated heterocycles. The molecular weight excluding hydrogens is 210 g/mol. The van der Waals surface area contributed by atoms with Crippen LogP contribution in [0.25, 0.3) is 0 Å². The van der Waals surface area contributed by atoms with Gasteiger partial charge in [-0.1, -0.05) is 30.3 Å². The maximum Gasteiger partial charge on any atom is 0.125 e. The minimum atomic E-state index is -0.0672. The van der Waals surface area contributed by atoms with E-state index in [-0.39, 0.29) is 6.10 Å². The fourth-order valence-electron chi connectivity index (χ4n) is 1.91. The number of benzene rings is 1. The zero-order chi connectivity index (χ0) is 12.1. The monoisotopic (exact) mass is 227 g/mol. The summed E-state index contributed by atoms with van der Waals surface area (Å²) in [4.78, 5) is 4.39. The molecule has 0 spiro atoms. The number of hydrogen-bond donors (Lipinski definition) is 0. The van der Waals surface area contributed by atoms with Crippen molar-refractivity contribution in [3.8, 4) is 0 Å². The van der Waals surface area contributed by atoms with Crippen molar-refractivity contribution in [2.24, 2.45) is 0 Å². The zero-order valence-electron chi connectivity index (χ0n) is 10.3. The van der Waals surface area contributed by atoms with Crippen LogP contribution in [0.2, 0.25) is 0 Å². The summed E-state index contributed by atoms with van der Waals surface area (Å²) >= 11 is 0. The number of pyridine rings is 1. The van der Waals surface area contributed by atoms with Crippen LogP contribution in [0.15, 0.2) is 48.7 Å². The molecule has 0 aliphatic heterocycles. The Morgan fingerprint density at radius 1 is 1.12 bits per heavy atom. The average Bonchev–Trinajstić information content (AvgIpc) is 2.38. The molecule has 1 unspecified atom stereocenters. The number of rotatable bonds is 4. The Morgan fingerprint density at radius 2 is 1.88 bits per heavy atom. The van der Waals surface area contributed by atoms with Crippen molar-refractivity contribution in [1.29, 1.82) is 0 Å². The van der Waals surface area contributed by atoms with Crippen LogP contribution in [0.3, 0.4) is 0 Å². The molecular formula is C15H17NO. The molecule has 0 aliphatic carbocycles. The Morgan fingerprint density at radius 3 is 2.53 bits per heavy atom. The van der Waals surface area contributed by atoms with Gasteiger partial charge in [-0.25, -0.2) is 0 Å². The summed E-state index contributed by atoms with van der Waals surface area (Å²) in [6, 6.07) is 14.2. The first-order valence-electron chi connectivity index (χ1n) is 5.91. The number of aromatic nitrogens is 1. The Labute approximate surface area is 102 Å². The first-order chi connectivity index (χ1) is 8.33. The van der Waals surface area contributed by atoms with Gasteiger partial charge < -0.3 is 4.74 Å². The van der Waals surface area contributed by atoms with E-state index in [1.54, 1.807) is 6.20 Å². The van der Waals surface area contributed by atoms with Crippen LogP contribution in [0.4, 0.5) is 0 Å². The lowest BCUT2D eigenvalue weighted by molar-refractivity contribution is 0.0879. The number of aryl methyl sites for hydroxylation is 1. The zero-order valence-corrected chi connectivity index (χ0v) is 10.3. The fourth-order valence-corrected chi connectivity index (χ4v) is 1.91. The predicted octanol–water partition coefficient (Wildman–Crippen LogP) is 3.52. The fraction of sp³-hybridized carbons (Fsp3) is 0.267. The van der Waals surface area contributed by atoms with Gasteiger partial charge in [-0.3, -0.25) is 4.98 Å². The molecule has 0 amide bonds. The maximum atomic E-state index is 5.83. The topological polar surface area (TPSA) is 22.1 Å². The SMILES string of the molecule is CCOC(c1ccccn1)c1ccccc1C. The molecule has 2 rings (SSSR count). The highest BCUT2D eigenvalue weighted by Crippen LogP contribution is 2.26. The summed E-state index contributed by atoms with van der Waals surface area (Å²) in [7, 11) is 0. The summed E-state index contributed by atoms with van der Waals surface area (Å²) in [5.41, 5.74) is 3.38. The molecule has 2 heteroatoms. The molecule has 88 valence electrons. The van der Waals surface area contributed by atoms with Crippen molar-refractivity contribution in [3.05, 3.63) is 65.5 Å². The van der Waals surface area contributed by atoms with Crippen molar-refractivity contribution < 1.29 is 4.74 Å². The second-order valence-corrected chi connectivity index (χ2v) is 3.95. The van der Waals surface area contributed by atoms with E-state index in [4.69, 9.17) is 4.74 Å². The van der Waals surface area contributed by atoms with Crippen LogP contribution < -0.4 is 0 Å². The van der Waals surface area contributed by atoms with Crippen LogP contribution >= 0.6 is 0 Å². The Balaban J connectivity index is 2.39. The first kappa shape index (κ1) is 11.8. The highest BCUT2D eigenvalue weighted by atomic mass is 16.5. The van der Waals surface area contributed by atoms with Crippen molar-refractivity contribution in [1.82, 2.24) is 4.98 Å². The molecule has 2 aromatic rings. The second-order valence-electron chi connectivity index (χ2n) is 3.95. The van der Waals surface area contributed by atoms with Crippen LogP contribution in [-0.2, 0) is 4.74 Å². The highest BCUT2D eigenvalue weighted by Gasteiger charge is 2.16. The molecule has 0 radical (unpaired) electrons. The summed E-state index contributed by atoms with van der Waals surface area (Å²) in [5, 5.41) is 0. The van der Waals surface area contributed by atoms with E-state index >= 15 is 0 Å². The van der Waals surface area contributed by atoms with Crippen LogP contribution in [-0.4, -0.2) is 11.6 Å². The van der Waals surface area contributed by atoms with Crippen molar-refractivity contribution in [2.45, 2.75) is 20.0 Å². The predicted molar refractivity (Wildman–Crippen MR) is 68.9 cm³/mol. The second kappa shape index (κ2) is 5.60. The van der Waals surface area contributed by atoms with Crippen molar-refractivity contribution in [2.75, 3.05) is 6.61 Å². The molecule has 0 fully saturated rings. The number of ether oxygens (including phenoxy) is 1. The lowest BCUT2D eigenvalue weighted by Gasteiger charge is -2.18. The molecule has 2 nitrogen and oxygen atoms in total. The normalized spacial score (nSPS) is 12.4. The van der Waals surface area contributed by atoms with Gasteiger partial charge in [0.2, 0.25) is 0 Å². The maximum absolute atomic E-state index is 5.83. The average molecular weight is 227 g/mol. The summed E-state index contributed by atoms with van der Waals surface area (Å²) < 4.78 is 5.83. The smallest absolute Gasteiger partial charge is 0.125 e. The third kappa shape index (κ3) is 2.71. The van der Waals surface area contributed by atoms with E-state index in [1.165, 1.54) is 11.1 Å².